The fourth-order valence-corrected chi connectivity index (χ4v) is 1.35. The summed E-state index contributed by atoms with van der Waals surface area (Å²) in [6, 6.07) is 5.74. The Morgan fingerprint density at radius 1 is 1.56 bits per heavy atom. The minimum atomic E-state index is -0.408. The Hall–Kier alpha value is -1.42. The molecule has 88 valence electrons. The van der Waals surface area contributed by atoms with Gasteiger partial charge in [-0.15, -0.1) is 0 Å². The minimum Gasteiger partial charge on any atom is -0.369 e. The third-order valence-electron chi connectivity index (χ3n) is 2.18. The highest BCUT2D eigenvalue weighted by Crippen LogP contribution is 1.98. The van der Waals surface area contributed by atoms with Gasteiger partial charge in [0.2, 0.25) is 5.91 Å². The molecule has 4 nitrogen and oxygen atoms in total. The number of rotatable bonds is 5. The van der Waals surface area contributed by atoms with Crippen molar-refractivity contribution >= 4 is 5.91 Å². The van der Waals surface area contributed by atoms with Crippen molar-refractivity contribution in [3.63, 3.8) is 0 Å². The molecule has 1 aromatic heterocycles. The van der Waals surface area contributed by atoms with Gasteiger partial charge in [-0.2, -0.15) is 0 Å². The van der Waals surface area contributed by atoms with Gasteiger partial charge in [0.05, 0.1) is 12.2 Å². The SMILES string of the molecule is CCOC(C)C(=O)NCc1cccc(C)n1. The standard InChI is InChI=1S/C12H18N2O2/c1-4-16-10(3)12(15)13-8-11-7-5-6-9(2)14-11/h5-7,10H,4,8H2,1-3H3,(H,13,15). The van der Waals surface area contributed by atoms with Crippen molar-refractivity contribution in [1.29, 1.82) is 0 Å². The number of hydrogen-bond donors (Lipinski definition) is 1. The van der Waals surface area contributed by atoms with E-state index in [9.17, 15) is 4.79 Å². The lowest BCUT2D eigenvalue weighted by molar-refractivity contribution is -0.131. The Kier molecular flexibility index (Phi) is 4.92. The van der Waals surface area contributed by atoms with Crippen LogP contribution in [0.4, 0.5) is 0 Å². The number of ether oxygens (including phenoxy) is 1. The molecule has 0 spiro atoms. The van der Waals surface area contributed by atoms with Gasteiger partial charge in [-0.25, -0.2) is 0 Å². The molecule has 0 aliphatic rings. The van der Waals surface area contributed by atoms with E-state index in [4.69, 9.17) is 4.74 Å². The summed E-state index contributed by atoms with van der Waals surface area (Å²) in [5.41, 5.74) is 1.81. The Labute approximate surface area is 96.0 Å². The maximum atomic E-state index is 11.5. The smallest absolute Gasteiger partial charge is 0.249 e. The zero-order chi connectivity index (χ0) is 12.0. The number of pyridine rings is 1. The van der Waals surface area contributed by atoms with Crippen LogP contribution in [-0.2, 0) is 16.1 Å². The monoisotopic (exact) mass is 222 g/mol. The number of hydrogen-bond acceptors (Lipinski definition) is 3. The fourth-order valence-electron chi connectivity index (χ4n) is 1.35. The highest BCUT2D eigenvalue weighted by atomic mass is 16.5. The predicted molar refractivity (Wildman–Crippen MR) is 61.9 cm³/mol. The highest BCUT2D eigenvalue weighted by Gasteiger charge is 2.11. The lowest BCUT2D eigenvalue weighted by Gasteiger charge is -2.11. The van der Waals surface area contributed by atoms with Crippen LogP contribution >= 0.6 is 0 Å². The van der Waals surface area contributed by atoms with Gasteiger partial charge < -0.3 is 10.1 Å². The van der Waals surface area contributed by atoms with Crippen LogP contribution < -0.4 is 5.32 Å². The van der Waals surface area contributed by atoms with E-state index in [1.807, 2.05) is 32.0 Å². The number of amides is 1. The lowest BCUT2D eigenvalue weighted by atomic mass is 10.3. The van der Waals surface area contributed by atoms with E-state index in [1.54, 1.807) is 6.92 Å². The van der Waals surface area contributed by atoms with E-state index in [0.29, 0.717) is 13.2 Å². The summed E-state index contributed by atoms with van der Waals surface area (Å²) < 4.78 is 5.18. The first-order valence-electron chi connectivity index (χ1n) is 5.45. The molecule has 1 N–H and O–H groups in total. The molecule has 1 amide bonds. The van der Waals surface area contributed by atoms with Gasteiger partial charge in [0.15, 0.2) is 0 Å². The molecule has 1 atom stereocenters. The third-order valence-corrected chi connectivity index (χ3v) is 2.18. The van der Waals surface area contributed by atoms with Crippen molar-refractivity contribution in [3.05, 3.63) is 29.6 Å². The first-order chi connectivity index (χ1) is 7.63. The van der Waals surface area contributed by atoms with Crippen LogP contribution in [0.3, 0.4) is 0 Å². The van der Waals surface area contributed by atoms with Crippen LogP contribution in [0, 0.1) is 6.92 Å². The molecule has 1 rings (SSSR count). The number of nitrogens with zero attached hydrogens (tertiary/aromatic N) is 1. The second-order valence-electron chi connectivity index (χ2n) is 3.59. The van der Waals surface area contributed by atoms with E-state index >= 15 is 0 Å². The van der Waals surface area contributed by atoms with Crippen LogP contribution in [0.5, 0.6) is 0 Å². The maximum absolute atomic E-state index is 11.5. The quantitative estimate of drug-likeness (QED) is 0.820. The fraction of sp³-hybridized carbons (Fsp3) is 0.500. The Bertz CT molecular complexity index is 353. The number of nitrogens with one attached hydrogen (secondary N) is 1. The first-order valence-corrected chi connectivity index (χ1v) is 5.45. The summed E-state index contributed by atoms with van der Waals surface area (Å²) >= 11 is 0. The van der Waals surface area contributed by atoms with Gasteiger partial charge in [-0.05, 0) is 32.9 Å². The zero-order valence-corrected chi connectivity index (χ0v) is 9.99. The first kappa shape index (κ1) is 12.6. The van der Waals surface area contributed by atoms with Gasteiger partial charge in [0, 0.05) is 12.3 Å². The lowest BCUT2D eigenvalue weighted by Crippen LogP contribution is -2.34. The van der Waals surface area contributed by atoms with Crippen molar-refractivity contribution < 1.29 is 9.53 Å². The normalized spacial score (nSPS) is 12.2. The molecule has 4 heteroatoms. The van der Waals surface area contributed by atoms with Gasteiger partial charge >= 0.3 is 0 Å². The molecular formula is C12H18N2O2. The van der Waals surface area contributed by atoms with E-state index in [-0.39, 0.29) is 5.91 Å². The van der Waals surface area contributed by atoms with E-state index in [2.05, 4.69) is 10.3 Å². The molecule has 1 unspecified atom stereocenters. The van der Waals surface area contributed by atoms with Crippen molar-refractivity contribution in [2.45, 2.75) is 33.4 Å². The van der Waals surface area contributed by atoms with E-state index in [1.165, 1.54) is 0 Å². The number of carbonyl (C=O) groups is 1. The van der Waals surface area contributed by atoms with E-state index in [0.717, 1.165) is 11.4 Å². The second-order valence-corrected chi connectivity index (χ2v) is 3.59. The number of aromatic nitrogens is 1. The summed E-state index contributed by atoms with van der Waals surface area (Å²) in [5, 5.41) is 2.78. The Balaban J connectivity index is 2.42. The van der Waals surface area contributed by atoms with Crippen LogP contribution in [0.25, 0.3) is 0 Å². The van der Waals surface area contributed by atoms with E-state index < -0.39 is 6.10 Å². The number of aryl methyl sites for hydroxylation is 1. The molecule has 0 saturated heterocycles. The molecule has 0 saturated carbocycles. The topological polar surface area (TPSA) is 51.2 Å². The minimum absolute atomic E-state index is 0.106. The summed E-state index contributed by atoms with van der Waals surface area (Å²) in [5.74, 6) is -0.106. The number of carbonyl (C=O) groups excluding carboxylic acids is 1. The van der Waals surface area contributed by atoms with Gasteiger partial charge in [-0.1, -0.05) is 6.07 Å². The van der Waals surface area contributed by atoms with Crippen molar-refractivity contribution in [1.82, 2.24) is 10.3 Å². The maximum Gasteiger partial charge on any atom is 0.249 e. The summed E-state index contributed by atoms with van der Waals surface area (Å²) in [7, 11) is 0. The molecule has 0 aromatic carbocycles. The Morgan fingerprint density at radius 3 is 2.94 bits per heavy atom. The Morgan fingerprint density at radius 2 is 2.31 bits per heavy atom. The highest BCUT2D eigenvalue weighted by molar-refractivity contribution is 5.80. The zero-order valence-electron chi connectivity index (χ0n) is 9.99. The molecular weight excluding hydrogens is 204 g/mol. The van der Waals surface area contributed by atoms with Crippen LogP contribution in [0.15, 0.2) is 18.2 Å². The van der Waals surface area contributed by atoms with Gasteiger partial charge in [-0.3, -0.25) is 9.78 Å². The van der Waals surface area contributed by atoms with Gasteiger partial charge in [0.25, 0.3) is 0 Å². The largest absolute Gasteiger partial charge is 0.369 e. The van der Waals surface area contributed by atoms with Crippen LogP contribution in [0.2, 0.25) is 0 Å². The molecule has 0 fully saturated rings. The summed E-state index contributed by atoms with van der Waals surface area (Å²) in [6.45, 7) is 6.51. The molecule has 1 heterocycles. The van der Waals surface area contributed by atoms with Gasteiger partial charge in [0.1, 0.15) is 6.10 Å². The summed E-state index contributed by atoms with van der Waals surface area (Å²) in [6.07, 6.45) is -0.408. The van der Waals surface area contributed by atoms with Crippen molar-refractivity contribution in [3.8, 4) is 0 Å². The molecule has 1 aromatic rings. The second kappa shape index (κ2) is 6.23. The molecule has 0 aliphatic heterocycles. The average Bonchev–Trinajstić information content (AvgIpc) is 2.26. The molecule has 16 heavy (non-hydrogen) atoms. The summed E-state index contributed by atoms with van der Waals surface area (Å²) in [4.78, 5) is 15.8. The third kappa shape index (κ3) is 3.98. The molecule has 0 bridgehead atoms. The van der Waals surface area contributed by atoms with Crippen molar-refractivity contribution in [2.24, 2.45) is 0 Å². The average molecular weight is 222 g/mol. The molecule has 0 aliphatic carbocycles. The van der Waals surface area contributed by atoms with Crippen molar-refractivity contribution in [2.75, 3.05) is 6.61 Å². The molecule has 0 radical (unpaired) electrons. The van der Waals surface area contributed by atoms with Crippen LogP contribution in [-0.4, -0.2) is 23.6 Å². The predicted octanol–water partition coefficient (Wildman–Crippen LogP) is 1.43. The van der Waals surface area contributed by atoms with Crippen LogP contribution in [0.1, 0.15) is 25.2 Å².